The van der Waals surface area contributed by atoms with Gasteiger partial charge in [0.2, 0.25) is 0 Å². The third-order valence-corrected chi connectivity index (χ3v) is 4.54. The Labute approximate surface area is 141 Å². The zero-order valence-corrected chi connectivity index (χ0v) is 13.4. The van der Waals surface area contributed by atoms with Crippen LogP contribution in [0.25, 0.3) is 33.1 Å². The highest BCUT2D eigenvalue weighted by Crippen LogP contribution is 2.35. The summed E-state index contributed by atoms with van der Waals surface area (Å²) in [5.74, 6) is -6.59. The molecule has 0 saturated heterocycles. The molecule has 0 bridgehead atoms. The molecule has 1 N–H and O–H groups in total. The molecule has 0 amide bonds. The van der Waals surface area contributed by atoms with Gasteiger partial charge in [0.05, 0.1) is 22.1 Å². The average Bonchev–Trinajstić information content (AvgIpc) is 3.03. The Hall–Kier alpha value is -2.41. The van der Waals surface area contributed by atoms with Crippen molar-refractivity contribution in [3.63, 3.8) is 0 Å². The van der Waals surface area contributed by atoms with Crippen LogP contribution >= 0.6 is 15.9 Å². The minimum Gasteiger partial charge on any atom is -0.358 e. The number of fused-ring (bicyclic) bond motifs is 2. The molecular weight excluding hydrogens is 388 g/mol. The number of hydrogen-bond acceptors (Lipinski definition) is 1. The van der Waals surface area contributed by atoms with E-state index in [0.717, 1.165) is 9.86 Å². The maximum absolute atomic E-state index is 14.2. The molecule has 120 valence electrons. The van der Waals surface area contributed by atoms with Crippen LogP contribution in [0, 0.1) is 23.3 Å². The van der Waals surface area contributed by atoms with E-state index in [9.17, 15) is 17.6 Å². The van der Waals surface area contributed by atoms with Gasteiger partial charge < -0.3 is 4.98 Å². The van der Waals surface area contributed by atoms with Crippen LogP contribution in [0.5, 0.6) is 0 Å². The predicted octanol–water partition coefficient (Wildman–Crippen LogP) is 5.70. The smallest absolute Gasteiger partial charge is 0.199 e. The summed E-state index contributed by atoms with van der Waals surface area (Å²) in [4.78, 5) is 6.85. The molecule has 0 atom stereocenters. The van der Waals surface area contributed by atoms with Gasteiger partial charge in [0, 0.05) is 21.6 Å². The molecule has 2 nitrogen and oxygen atoms in total. The first-order chi connectivity index (χ1) is 11.5. The van der Waals surface area contributed by atoms with Gasteiger partial charge in [-0.2, -0.15) is 0 Å². The summed E-state index contributed by atoms with van der Waals surface area (Å²) in [5.41, 5.74) is 0.663. The van der Waals surface area contributed by atoms with E-state index in [4.69, 9.17) is 0 Å². The van der Waals surface area contributed by atoms with Crippen LogP contribution in [0.15, 0.2) is 41.0 Å². The first-order valence-corrected chi connectivity index (χ1v) is 7.67. The lowest BCUT2D eigenvalue weighted by Gasteiger charge is -2.05. The summed E-state index contributed by atoms with van der Waals surface area (Å²) in [6.07, 6.45) is 1.28. The van der Waals surface area contributed by atoms with Crippen molar-refractivity contribution in [3.8, 4) is 11.3 Å². The summed E-state index contributed by atoms with van der Waals surface area (Å²) in [5, 5.41) is 0.471. The van der Waals surface area contributed by atoms with Gasteiger partial charge in [0.1, 0.15) is 0 Å². The summed E-state index contributed by atoms with van der Waals surface area (Å²) in [6.45, 7) is 0. The maximum atomic E-state index is 14.2. The van der Waals surface area contributed by atoms with Crippen LogP contribution in [0.3, 0.4) is 0 Å². The zero-order valence-electron chi connectivity index (χ0n) is 11.8. The van der Waals surface area contributed by atoms with Gasteiger partial charge in [-0.1, -0.05) is 22.0 Å². The molecule has 4 rings (SSSR count). The Morgan fingerprint density at radius 3 is 2.42 bits per heavy atom. The summed E-state index contributed by atoms with van der Waals surface area (Å²) < 4.78 is 55.8. The second-order valence-corrected chi connectivity index (χ2v) is 6.07. The first kappa shape index (κ1) is 15.1. The quantitative estimate of drug-likeness (QED) is 0.250. The van der Waals surface area contributed by atoms with Crippen molar-refractivity contribution in [2.45, 2.75) is 0 Å². The third-order valence-electron chi connectivity index (χ3n) is 3.85. The second kappa shape index (κ2) is 5.31. The van der Waals surface area contributed by atoms with Crippen LogP contribution in [-0.4, -0.2) is 9.97 Å². The van der Waals surface area contributed by atoms with Crippen LogP contribution in [0.2, 0.25) is 0 Å². The van der Waals surface area contributed by atoms with E-state index in [2.05, 4.69) is 25.9 Å². The normalized spacial score (nSPS) is 11.5. The van der Waals surface area contributed by atoms with E-state index >= 15 is 0 Å². The Bertz CT molecular complexity index is 1120. The van der Waals surface area contributed by atoms with Crippen LogP contribution in [0.1, 0.15) is 0 Å². The van der Waals surface area contributed by atoms with Gasteiger partial charge in [-0.15, -0.1) is 0 Å². The number of aromatic amines is 1. The fourth-order valence-corrected chi connectivity index (χ4v) is 3.19. The Kier molecular flexibility index (Phi) is 3.35. The molecule has 0 unspecified atom stereocenters. The molecule has 0 saturated carbocycles. The monoisotopic (exact) mass is 394 g/mol. The van der Waals surface area contributed by atoms with Crippen LogP contribution in [0.4, 0.5) is 17.6 Å². The Balaban J connectivity index is 2.04. The molecule has 2 aromatic carbocycles. The van der Waals surface area contributed by atoms with Crippen molar-refractivity contribution in [2.75, 3.05) is 0 Å². The molecule has 0 fully saturated rings. The number of halogens is 5. The van der Waals surface area contributed by atoms with Gasteiger partial charge in [-0.25, -0.2) is 22.5 Å². The highest BCUT2D eigenvalue weighted by molar-refractivity contribution is 9.10. The lowest BCUT2D eigenvalue weighted by Crippen LogP contribution is -1.97. The number of nitrogens with one attached hydrogen (secondary N) is 1. The molecule has 0 aliphatic rings. The number of benzene rings is 2. The van der Waals surface area contributed by atoms with Crippen LogP contribution < -0.4 is 0 Å². The molecule has 4 aromatic rings. The van der Waals surface area contributed by atoms with Gasteiger partial charge in [0.15, 0.2) is 23.3 Å². The van der Waals surface area contributed by atoms with Crippen molar-refractivity contribution >= 4 is 37.7 Å². The van der Waals surface area contributed by atoms with Crippen LogP contribution in [-0.2, 0) is 0 Å². The molecule has 0 aliphatic heterocycles. The first-order valence-electron chi connectivity index (χ1n) is 6.87. The molecule has 0 spiro atoms. The average molecular weight is 395 g/mol. The molecule has 2 aromatic heterocycles. The summed E-state index contributed by atoms with van der Waals surface area (Å²) in [6, 6.07) is 8.76. The largest absolute Gasteiger partial charge is 0.358 e. The highest BCUT2D eigenvalue weighted by atomic mass is 79.9. The van der Waals surface area contributed by atoms with Crippen molar-refractivity contribution in [2.24, 2.45) is 0 Å². The fourth-order valence-electron chi connectivity index (χ4n) is 2.71. The van der Waals surface area contributed by atoms with E-state index < -0.39 is 28.8 Å². The van der Waals surface area contributed by atoms with Gasteiger partial charge in [-0.3, -0.25) is 0 Å². The topological polar surface area (TPSA) is 28.7 Å². The number of aromatic nitrogens is 2. The summed E-state index contributed by atoms with van der Waals surface area (Å²) >= 11 is 3.40. The third kappa shape index (κ3) is 2.04. The Morgan fingerprint density at radius 1 is 0.875 bits per heavy atom. The number of hydrogen-bond donors (Lipinski definition) is 1. The standard InChI is InChI=1S/C17H7BrF4N2/c18-9-2-1-3-10-7(9)4-5-11(24-10)8-6-23-17-12(8)13(19)14(20)15(21)16(17)22/h1-6,23H. The molecule has 0 aliphatic carbocycles. The number of pyridine rings is 1. The number of rotatable bonds is 1. The number of nitrogens with zero attached hydrogens (tertiary/aromatic N) is 1. The predicted molar refractivity (Wildman–Crippen MR) is 86.6 cm³/mol. The second-order valence-electron chi connectivity index (χ2n) is 5.21. The minimum absolute atomic E-state index is 0.155. The Morgan fingerprint density at radius 2 is 1.62 bits per heavy atom. The maximum Gasteiger partial charge on any atom is 0.199 e. The van der Waals surface area contributed by atoms with E-state index in [-0.39, 0.29) is 10.9 Å². The molecule has 7 heteroatoms. The minimum atomic E-state index is -1.84. The number of H-pyrrole nitrogens is 1. The van der Waals surface area contributed by atoms with Gasteiger partial charge in [0.25, 0.3) is 0 Å². The highest BCUT2D eigenvalue weighted by Gasteiger charge is 2.24. The lowest BCUT2D eigenvalue weighted by atomic mass is 10.1. The van der Waals surface area contributed by atoms with Crippen molar-refractivity contribution in [1.82, 2.24) is 9.97 Å². The van der Waals surface area contributed by atoms with Crippen molar-refractivity contribution in [3.05, 3.63) is 64.3 Å². The van der Waals surface area contributed by atoms with Crippen molar-refractivity contribution < 1.29 is 17.6 Å². The van der Waals surface area contributed by atoms with E-state index in [1.807, 2.05) is 6.07 Å². The zero-order chi connectivity index (χ0) is 17.0. The van der Waals surface area contributed by atoms with E-state index in [0.29, 0.717) is 11.2 Å². The van der Waals surface area contributed by atoms with E-state index in [1.165, 1.54) is 6.20 Å². The molecule has 2 heterocycles. The van der Waals surface area contributed by atoms with Gasteiger partial charge in [-0.05, 0) is 24.3 Å². The fraction of sp³-hybridized carbons (Fsp3) is 0. The molecule has 24 heavy (non-hydrogen) atoms. The summed E-state index contributed by atoms with van der Waals surface area (Å²) in [7, 11) is 0. The lowest BCUT2D eigenvalue weighted by molar-refractivity contribution is 0.417. The SMILES string of the molecule is Fc1c(F)c(F)c2c(-c3ccc4c(Br)cccc4n3)c[nH]c2c1F. The molecule has 0 radical (unpaired) electrons. The van der Waals surface area contributed by atoms with Gasteiger partial charge >= 0.3 is 0 Å². The molecular formula is C17H7BrF4N2. The van der Waals surface area contributed by atoms with Crippen molar-refractivity contribution in [1.29, 1.82) is 0 Å². The van der Waals surface area contributed by atoms with E-state index in [1.54, 1.807) is 24.3 Å².